The average molecular weight is 280 g/mol. The van der Waals surface area contributed by atoms with Crippen LogP contribution in [0.15, 0.2) is 0 Å². The number of nitrogens with zero attached hydrogens (tertiary/aromatic N) is 2. The van der Waals surface area contributed by atoms with E-state index in [1.165, 1.54) is 0 Å². The van der Waals surface area contributed by atoms with Gasteiger partial charge in [0.1, 0.15) is 12.3 Å². The molecule has 0 saturated heterocycles. The summed E-state index contributed by atoms with van der Waals surface area (Å²) in [4.78, 5) is 0. The molecule has 2 heterocycles. The van der Waals surface area contributed by atoms with Crippen LogP contribution in [-0.4, -0.2) is 31.0 Å². The van der Waals surface area contributed by atoms with Gasteiger partial charge >= 0.3 is 0 Å². The van der Waals surface area contributed by atoms with Gasteiger partial charge in [-0.1, -0.05) is 11.6 Å². The lowest BCUT2D eigenvalue weighted by Gasteiger charge is -2.00. The summed E-state index contributed by atoms with van der Waals surface area (Å²) >= 11 is 6.15. The van der Waals surface area contributed by atoms with Gasteiger partial charge in [0.2, 0.25) is 0 Å². The number of aryl methyl sites for hydroxylation is 1. The molecular weight excluding hydrogens is 266 g/mol. The van der Waals surface area contributed by atoms with Crippen molar-refractivity contribution in [2.45, 2.75) is 26.1 Å². The molecular formula is C9H14ClN3O3S. The molecule has 0 unspecified atom stereocenters. The topological polar surface area (TPSA) is 73.2 Å². The van der Waals surface area contributed by atoms with Gasteiger partial charge in [0.25, 0.3) is 10.1 Å². The van der Waals surface area contributed by atoms with Gasteiger partial charge in [0.15, 0.2) is 0 Å². The molecule has 0 bridgehead atoms. The van der Waals surface area contributed by atoms with Crippen molar-refractivity contribution in [1.29, 1.82) is 0 Å². The molecule has 0 saturated carbocycles. The number of aromatic nitrogens is 2. The second kappa shape index (κ2) is 4.93. The average Bonchev–Trinajstić information content (AvgIpc) is 2.43. The lowest BCUT2D eigenvalue weighted by Crippen LogP contribution is -2.12. The van der Waals surface area contributed by atoms with Gasteiger partial charge in [-0.05, 0) is 13.0 Å². The maximum absolute atomic E-state index is 10.9. The predicted molar refractivity (Wildman–Crippen MR) is 63.2 cm³/mol. The molecule has 1 aromatic rings. The van der Waals surface area contributed by atoms with Crippen molar-refractivity contribution in [3.8, 4) is 0 Å². The fourth-order valence-electron chi connectivity index (χ4n) is 1.70. The number of nitrogens with one attached hydrogen (secondary N) is 1. The highest BCUT2D eigenvalue weighted by Crippen LogP contribution is 2.23. The second-order valence-corrected chi connectivity index (χ2v) is 5.95. The number of hydrogen-bond acceptors (Lipinski definition) is 5. The van der Waals surface area contributed by atoms with E-state index in [0.717, 1.165) is 31.5 Å². The molecule has 0 fully saturated rings. The van der Waals surface area contributed by atoms with E-state index < -0.39 is 10.1 Å². The van der Waals surface area contributed by atoms with E-state index in [-0.39, 0.29) is 6.61 Å². The first-order chi connectivity index (χ1) is 7.97. The van der Waals surface area contributed by atoms with Crippen molar-refractivity contribution in [2.24, 2.45) is 0 Å². The Kier molecular flexibility index (Phi) is 3.72. The molecule has 0 radical (unpaired) electrons. The molecule has 1 N–H and O–H groups in total. The Morgan fingerprint density at radius 3 is 3.06 bits per heavy atom. The van der Waals surface area contributed by atoms with Gasteiger partial charge in [-0.15, -0.1) is 0 Å². The SMILES string of the molecule is CS(=O)(=O)OCc1nn2c(c1Cl)CNCCC2. The van der Waals surface area contributed by atoms with Gasteiger partial charge in [0.05, 0.1) is 17.0 Å². The summed E-state index contributed by atoms with van der Waals surface area (Å²) in [6.07, 6.45) is 1.97. The van der Waals surface area contributed by atoms with Crippen LogP contribution in [0.4, 0.5) is 0 Å². The van der Waals surface area contributed by atoms with Gasteiger partial charge < -0.3 is 5.32 Å². The lowest BCUT2D eigenvalue weighted by molar-refractivity contribution is 0.305. The lowest BCUT2D eigenvalue weighted by atomic mass is 10.3. The van der Waals surface area contributed by atoms with Gasteiger partial charge in [-0.25, -0.2) is 0 Å². The zero-order valence-electron chi connectivity index (χ0n) is 9.44. The minimum absolute atomic E-state index is 0.113. The van der Waals surface area contributed by atoms with E-state index in [9.17, 15) is 8.42 Å². The summed E-state index contributed by atoms with van der Waals surface area (Å²) in [5.74, 6) is 0. The van der Waals surface area contributed by atoms with E-state index in [2.05, 4.69) is 10.4 Å². The van der Waals surface area contributed by atoms with Crippen LogP contribution in [0.2, 0.25) is 5.02 Å². The zero-order chi connectivity index (χ0) is 12.5. The van der Waals surface area contributed by atoms with Crippen LogP contribution in [0.1, 0.15) is 17.8 Å². The highest BCUT2D eigenvalue weighted by Gasteiger charge is 2.18. The largest absolute Gasteiger partial charge is 0.311 e. The summed E-state index contributed by atoms with van der Waals surface area (Å²) in [5, 5.41) is 7.98. The molecule has 0 spiro atoms. The van der Waals surface area contributed by atoms with Crippen LogP contribution in [0.25, 0.3) is 0 Å². The van der Waals surface area contributed by atoms with Gasteiger partial charge in [-0.3, -0.25) is 8.86 Å². The molecule has 0 aromatic carbocycles. The summed E-state index contributed by atoms with van der Waals surface area (Å²) < 4.78 is 28.3. The minimum Gasteiger partial charge on any atom is -0.311 e. The molecule has 0 amide bonds. The van der Waals surface area contributed by atoms with Crippen molar-refractivity contribution in [3.05, 3.63) is 16.4 Å². The summed E-state index contributed by atoms with van der Waals surface area (Å²) in [7, 11) is -3.47. The van der Waals surface area contributed by atoms with Crippen LogP contribution >= 0.6 is 11.6 Å². The van der Waals surface area contributed by atoms with Crippen molar-refractivity contribution < 1.29 is 12.6 Å². The van der Waals surface area contributed by atoms with Crippen LogP contribution in [0, 0.1) is 0 Å². The fourth-order valence-corrected chi connectivity index (χ4v) is 2.28. The fraction of sp³-hybridized carbons (Fsp3) is 0.667. The Morgan fingerprint density at radius 2 is 2.35 bits per heavy atom. The van der Waals surface area contributed by atoms with Crippen molar-refractivity contribution in [2.75, 3.05) is 12.8 Å². The molecule has 1 aliphatic rings. The Bertz CT molecular complexity index is 512. The maximum atomic E-state index is 10.9. The smallest absolute Gasteiger partial charge is 0.264 e. The first-order valence-electron chi connectivity index (χ1n) is 5.26. The number of rotatable bonds is 3. The summed E-state index contributed by atoms with van der Waals surface area (Å²) in [6, 6.07) is 0. The first kappa shape index (κ1) is 12.8. The number of halogens is 1. The van der Waals surface area contributed by atoms with Crippen molar-refractivity contribution >= 4 is 21.7 Å². The normalized spacial score (nSPS) is 16.6. The van der Waals surface area contributed by atoms with E-state index in [1.807, 2.05) is 4.68 Å². The third kappa shape index (κ3) is 3.19. The number of fused-ring (bicyclic) bond motifs is 1. The third-order valence-electron chi connectivity index (χ3n) is 2.49. The van der Waals surface area contributed by atoms with Gasteiger partial charge in [-0.2, -0.15) is 13.5 Å². The molecule has 6 nitrogen and oxygen atoms in total. The Balaban J connectivity index is 2.19. The molecule has 2 rings (SSSR count). The minimum atomic E-state index is -3.47. The maximum Gasteiger partial charge on any atom is 0.264 e. The van der Waals surface area contributed by atoms with E-state index in [4.69, 9.17) is 15.8 Å². The van der Waals surface area contributed by atoms with E-state index in [0.29, 0.717) is 17.3 Å². The van der Waals surface area contributed by atoms with Crippen LogP contribution in [-0.2, 0) is 34.0 Å². The molecule has 17 heavy (non-hydrogen) atoms. The molecule has 1 aromatic heterocycles. The second-order valence-electron chi connectivity index (χ2n) is 3.93. The Morgan fingerprint density at radius 1 is 1.59 bits per heavy atom. The molecule has 1 aliphatic heterocycles. The van der Waals surface area contributed by atoms with E-state index >= 15 is 0 Å². The summed E-state index contributed by atoms with van der Waals surface area (Å²) in [6.45, 7) is 2.23. The Hall–Kier alpha value is -0.630. The predicted octanol–water partition coefficient (Wildman–Crippen LogP) is 0.506. The van der Waals surface area contributed by atoms with Crippen LogP contribution < -0.4 is 5.32 Å². The van der Waals surface area contributed by atoms with Gasteiger partial charge in [0, 0.05) is 13.1 Å². The molecule has 0 aliphatic carbocycles. The zero-order valence-corrected chi connectivity index (χ0v) is 11.0. The van der Waals surface area contributed by atoms with Crippen LogP contribution in [0.3, 0.4) is 0 Å². The third-order valence-corrected chi connectivity index (χ3v) is 3.47. The number of hydrogen-bond donors (Lipinski definition) is 1. The van der Waals surface area contributed by atoms with E-state index in [1.54, 1.807) is 0 Å². The first-order valence-corrected chi connectivity index (χ1v) is 7.46. The van der Waals surface area contributed by atoms with Crippen molar-refractivity contribution in [3.63, 3.8) is 0 Å². The molecule has 96 valence electrons. The molecule has 8 heteroatoms. The molecule has 0 atom stereocenters. The highest BCUT2D eigenvalue weighted by molar-refractivity contribution is 7.85. The monoisotopic (exact) mass is 279 g/mol. The Labute approximate surface area is 105 Å². The van der Waals surface area contributed by atoms with Crippen LogP contribution in [0.5, 0.6) is 0 Å². The summed E-state index contributed by atoms with van der Waals surface area (Å²) in [5.41, 5.74) is 1.35. The standard InChI is InChI=1S/C9H14ClN3O3S/c1-17(14,15)16-6-7-9(10)8-5-11-3-2-4-13(8)12-7/h11H,2-6H2,1H3. The highest BCUT2D eigenvalue weighted by atomic mass is 35.5. The quantitative estimate of drug-likeness (QED) is 0.816. The van der Waals surface area contributed by atoms with Crippen molar-refractivity contribution in [1.82, 2.24) is 15.1 Å².